The third kappa shape index (κ3) is 5.36. The summed E-state index contributed by atoms with van der Waals surface area (Å²) in [5, 5.41) is 15.1. The van der Waals surface area contributed by atoms with Crippen LogP contribution in [0.4, 0.5) is 0 Å². The van der Waals surface area contributed by atoms with Crippen molar-refractivity contribution in [2.45, 2.75) is 64.9 Å². The Morgan fingerprint density at radius 3 is 2.45 bits per heavy atom. The summed E-state index contributed by atoms with van der Waals surface area (Å²) in [6.07, 6.45) is 10.6. The molecule has 0 radical (unpaired) electrons. The maximum Gasteiger partial charge on any atom is 0.0800 e. The lowest BCUT2D eigenvalue weighted by atomic mass is 9.86. The molecule has 1 aliphatic carbocycles. The van der Waals surface area contributed by atoms with Crippen LogP contribution in [0.25, 0.3) is 21.5 Å². The van der Waals surface area contributed by atoms with Gasteiger partial charge < -0.3 is 5.11 Å². The standard InChI is InChI=1S/C18H16.C10H18O/c1-3-7-15-13(5-1)9-11-18-16-8-4-2-6-14(16)10-12-17(15)18;1-5-10(4,11)8-6-7-9(2)3/h1,3,5,7,9-12H,2,4,6,8H2;5,7,11H,1,6,8H2,2-4H3. The third-order valence-electron chi connectivity index (χ3n) is 5.90. The van der Waals surface area contributed by atoms with E-state index in [0.29, 0.717) is 0 Å². The van der Waals surface area contributed by atoms with Crippen molar-refractivity contribution in [3.05, 3.63) is 84.0 Å². The van der Waals surface area contributed by atoms with E-state index < -0.39 is 5.60 Å². The fourth-order valence-corrected chi connectivity index (χ4v) is 4.10. The van der Waals surface area contributed by atoms with Crippen LogP contribution >= 0.6 is 0 Å². The number of rotatable bonds is 4. The van der Waals surface area contributed by atoms with E-state index in [1.165, 1.54) is 52.8 Å². The Labute approximate surface area is 175 Å². The summed E-state index contributed by atoms with van der Waals surface area (Å²) in [5.41, 5.74) is 3.77. The lowest BCUT2D eigenvalue weighted by molar-refractivity contribution is 0.103. The van der Waals surface area contributed by atoms with Crippen LogP contribution < -0.4 is 0 Å². The second-order valence-electron chi connectivity index (χ2n) is 8.67. The van der Waals surface area contributed by atoms with Gasteiger partial charge in [-0.05, 0) is 92.0 Å². The minimum absolute atomic E-state index is 0.702. The van der Waals surface area contributed by atoms with Gasteiger partial charge in [0.2, 0.25) is 0 Å². The van der Waals surface area contributed by atoms with Gasteiger partial charge in [-0.3, -0.25) is 0 Å². The number of hydrogen-bond donors (Lipinski definition) is 1. The molecule has 0 saturated heterocycles. The number of aryl methyl sites for hydroxylation is 2. The van der Waals surface area contributed by atoms with E-state index in [1.807, 2.05) is 0 Å². The summed E-state index contributed by atoms with van der Waals surface area (Å²) in [5.74, 6) is 0. The number of fused-ring (bicyclic) bond motifs is 5. The van der Waals surface area contributed by atoms with Crippen LogP contribution in [0.3, 0.4) is 0 Å². The molecule has 29 heavy (non-hydrogen) atoms. The van der Waals surface area contributed by atoms with Gasteiger partial charge in [-0.2, -0.15) is 0 Å². The van der Waals surface area contributed by atoms with Crippen LogP contribution in [0, 0.1) is 0 Å². The predicted octanol–water partition coefficient (Wildman–Crippen LogP) is 7.54. The molecule has 1 aliphatic rings. The number of hydrogen-bond acceptors (Lipinski definition) is 1. The minimum Gasteiger partial charge on any atom is -0.386 e. The summed E-state index contributed by atoms with van der Waals surface area (Å²) in [6, 6.07) is 18.0. The maximum absolute atomic E-state index is 9.49. The average molecular weight is 387 g/mol. The SMILES string of the molecule is C=CC(C)(O)CCC=C(C)C.c1ccc2c(c1)ccc1c3c(ccc12)CCCC3. The van der Waals surface area contributed by atoms with Crippen LogP contribution in [0.2, 0.25) is 0 Å². The van der Waals surface area contributed by atoms with Gasteiger partial charge >= 0.3 is 0 Å². The second kappa shape index (κ2) is 9.41. The average Bonchev–Trinajstić information content (AvgIpc) is 2.73. The molecule has 0 aromatic heterocycles. The van der Waals surface area contributed by atoms with E-state index in [-0.39, 0.29) is 0 Å². The maximum atomic E-state index is 9.49. The van der Waals surface area contributed by atoms with Crippen molar-refractivity contribution in [2.75, 3.05) is 0 Å². The van der Waals surface area contributed by atoms with E-state index in [2.05, 4.69) is 75.0 Å². The molecule has 0 bridgehead atoms. The van der Waals surface area contributed by atoms with Crippen LogP contribution in [0.1, 0.15) is 57.6 Å². The van der Waals surface area contributed by atoms with Gasteiger partial charge in [-0.1, -0.05) is 66.3 Å². The topological polar surface area (TPSA) is 20.2 Å². The van der Waals surface area contributed by atoms with E-state index >= 15 is 0 Å². The lowest BCUT2D eigenvalue weighted by Gasteiger charge is -2.18. The zero-order valence-electron chi connectivity index (χ0n) is 18.2. The molecule has 0 aliphatic heterocycles. The summed E-state index contributed by atoms with van der Waals surface area (Å²) < 4.78 is 0. The Balaban J connectivity index is 0.000000191. The zero-order valence-corrected chi connectivity index (χ0v) is 18.2. The predicted molar refractivity (Wildman–Crippen MR) is 128 cm³/mol. The molecule has 4 rings (SSSR count). The number of allylic oxidation sites excluding steroid dienone is 2. The lowest BCUT2D eigenvalue weighted by Crippen LogP contribution is -2.19. The van der Waals surface area contributed by atoms with Gasteiger partial charge in [0.25, 0.3) is 0 Å². The van der Waals surface area contributed by atoms with Crippen molar-refractivity contribution in [1.82, 2.24) is 0 Å². The van der Waals surface area contributed by atoms with Gasteiger partial charge in [0, 0.05) is 0 Å². The van der Waals surface area contributed by atoms with Crippen molar-refractivity contribution in [1.29, 1.82) is 0 Å². The first-order chi connectivity index (χ1) is 13.9. The van der Waals surface area contributed by atoms with Crippen molar-refractivity contribution in [3.8, 4) is 0 Å². The fraction of sp³-hybridized carbons (Fsp3) is 0.357. The smallest absolute Gasteiger partial charge is 0.0800 e. The molecule has 0 fully saturated rings. The largest absolute Gasteiger partial charge is 0.386 e. The molecule has 152 valence electrons. The van der Waals surface area contributed by atoms with Crippen LogP contribution in [-0.2, 0) is 12.8 Å². The Morgan fingerprint density at radius 1 is 0.966 bits per heavy atom. The first kappa shape index (κ1) is 21.3. The minimum atomic E-state index is -0.702. The molecule has 1 N–H and O–H groups in total. The molecular formula is C28H34O. The number of aliphatic hydroxyl groups is 1. The van der Waals surface area contributed by atoms with Crippen molar-refractivity contribution >= 4 is 21.5 Å². The molecule has 0 saturated carbocycles. The van der Waals surface area contributed by atoms with E-state index in [1.54, 1.807) is 24.1 Å². The molecule has 3 aromatic carbocycles. The molecule has 0 amide bonds. The fourth-order valence-electron chi connectivity index (χ4n) is 4.10. The van der Waals surface area contributed by atoms with Crippen molar-refractivity contribution in [3.63, 3.8) is 0 Å². The van der Waals surface area contributed by atoms with Gasteiger partial charge in [0.1, 0.15) is 0 Å². The first-order valence-electron chi connectivity index (χ1n) is 10.8. The van der Waals surface area contributed by atoms with Gasteiger partial charge in [-0.25, -0.2) is 0 Å². The van der Waals surface area contributed by atoms with Gasteiger partial charge in [-0.15, -0.1) is 6.58 Å². The van der Waals surface area contributed by atoms with E-state index in [9.17, 15) is 5.11 Å². The second-order valence-corrected chi connectivity index (χ2v) is 8.67. The van der Waals surface area contributed by atoms with E-state index in [4.69, 9.17) is 0 Å². The molecule has 1 heteroatoms. The quantitative estimate of drug-likeness (QED) is 0.363. The Morgan fingerprint density at radius 2 is 1.69 bits per heavy atom. The number of benzene rings is 3. The molecule has 3 aromatic rings. The van der Waals surface area contributed by atoms with Crippen molar-refractivity contribution in [2.24, 2.45) is 0 Å². The van der Waals surface area contributed by atoms with E-state index in [0.717, 1.165) is 12.8 Å². The Bertz CT molecular complexity index is 1020. The highest BCUT2D eigenvalue weighted by Gasteiger charge is 2.13. The van der Waals surface area contributed by atoms with Crippen molar-refractivity contribution < 1.29 is 5.11 Å². The Kier molecular flexibility index (Phi) is 6.92. The molecule has 1 nitrogen and oxygen atoms in total. The third-order valence-corrected chi connectivity index (χ3v) is 5.90. The monoisotopic (exact) mass is 386 g/mol. The molecular weight excluding hydrogens is 352 g/mol. The summed E-state index contributed by atoms with van der Waals surface area (Å²) in [6.45, 7) is 9.45. The molecule has 1 atom stereocenters. The molecule has 0 heterocycles. The highest BCUT2D eigenvalue weighted by atomic mass is 16.3. The summed E-state index contributed by atoms with van der Waals surface area (Å²) in [4.78, 5) is 0. The van der Waals surface area contributed by atoms with Crippen LogP contribution in [-0.4, -0.2) is 10.7 Å². The van der Waals surface area contributed by atoms with Gasteiger partial charge in [0.15, 0.2) is 0 Å². The van der Waals surface area contributed by atoms with Crippen LogP contribution in [0.15, 0.2) is 72.8 Å². The summed E-state index contributed by atoms with van der Waals surface area (Å²) >= 11 is 0. The Hall–Kier alpha value is -2.38. The first-order valence-corrected chi connectivity index (χ1v) is 10.8. The zero-order chi connectivity index (χ0) is 20.9. The highest BCUT2D eigenvalue weighted by Crippen LogP contribution is 2.33. The highest BCUT2D eigenvalue weighted by molar-refractivity contribution is 6.08. The molecule has 1 unspecified atom stereocenters. The van der Waals surface area contributed by atoms with Crippen LogP contribution in [0.5, 0.6) is 0 Å². The molecule has 0 spiro atoms. The normalized spacial score (nSPS) is 15.0. The van der Waals surface area contributed by atoms with Gasteiger partial charge in [0.05, 0.1) is 5.60 Å². The summed E-state index contributed by atoms with van der Waals surface area (Å²) in [7, 11) is 0.